The first kappa shape index (κ1) is 11.1. The molecule has 0 saturated carbocycles. The third kappa shape index (κ3) is 125. The monoisotopic (exact) mass is 229 g/mol. The van der Waals surface area contributed by atoms with Gasteiger partial charge in [-0.1, -0.05) is 34.8 Å². The molecule has 0 aromatic heterocycles. The lowest BCUT2D eigenvalue weighted by Gasteiger charge is -1.91. The van der Waals surface area contributed by atoms with E-state index in [1.165, 1.54) is 0 Å². The van der Waals surface area contributed by atoms with E-state index in [9.17, 15) is 0 Å². The van der Waals surface area contributed by atoms with E-state index in [1.807, 2.05) is 0 Å². The molecular weight excluding hydrogens is 228 g/mol. The Morgan fingerprint density at radius 2 is 1.29 bits per heavy atom. The summed E-state index contributed by atoms with van der Waals surface area (Å²) in [6.45, 7) is 0. The third-order valence-electron chi connectivity index (χ3n) is 0. The highest BCUT2D eigenvalue weighted by Crippen LogP contribution is 2.32. The summed E-state index contributed by atoms with van der Waals surface area (Å²) in [6, 6.07) is 0. The van der Waals surface area contributed by atoms with Gasteiger partial charge in [0.1, 0.15) is 0 Å². The van der Waals surface area contributed by atoms with Crippen molar-refractivity contribution in [3.63, 3.8) is 0 Å². The molecule has 0 bridgehead atoms. The van der Waals surface area contributed by atoms with Gasteiger partial charge in [0.05, 0.1) is 0 Å². The van der Waals surface area contributed by atoms with Crippen LogP contribution in [0.3, 0.4) is 0 Å². The molecule has 0 aliphatic carbocycles. The molecular formula is CH3BrCl3NO. The van der Waals surface area contributed by atoms with E-state index in [-0.39, 0.29) is 0 Å². The molecule has 6 heteroatoms. The molecule has 0 fully saturated rings. The van der Waals surface area contributed by atoms with Gasteiger partial charge in [-0.15, -0.1) is 0 Å². The molecule has 0 aliphatic rings. The van der Waals surface area contributed by atoms with Crippen molar-refractivity contribution in [1.29, 1.82) is 0 Å². The zero-order valence-electron chi connectivity index (χ0n) is 3.04. The summed E-state index contributed by atoms with van der Waals surface area (Å²) in [5.74, 6) is 3.50. The minimum Gasteiger partial charge on any atom is -0.320 e. The van der Waals surface area contributed by atoms with E-state index < -0.39 is 2.70 Å². The SMILES string of the molecule is ClC(Cl)(Cl)Br.NO. The predicted molar refractivity (Wildman–Crippen MR) is 35.2 cm³/mol. The first-order chi connectivity index (χ1) is 3.00. The molecule has 0 rings (SSSR count). The van der Waals surface area contributed by atoms with Crippen molar-refractivity contribution >= 4 is 50.7 Å². The fraction of sp³-hybridized carbons (Fsp3) is 1.00. The summed E-state index contributed by atoms with van der Waals surface area (Å²) >= 11 is 17.6. The van der Waals surface area contributed by atoms with E-state index in [0.29, 0.717) is 0 Å². The van der Waals surface area contributed by atoms with Crippen LogP contribution in [0.2, 0.25) is 0 Å². The Labute approximate surface area is 64.6 Å². The van der Waals surface area contributed by atoms with E-state index in [1.54, 1.807) is 0 Å². The Hall–Kier alpha value is 1.27. The Balaban J connectivity index is 0. The maximum atomic E-state index is 6.50. The topological polar surface area (TPSA) is 46.2 Å². The first-order valence-electron chi connectivity index (χ1n) is 1.01. The van der Waals surface area contributed by atoms with Crippen molar-refractivity contribution in [1.82, 2.24) is 0 Å². The van der Waals surface area contributed by atoms with E-state index in [4.69, 9.17) is 40.0 Å². The Morgan fingerprint density at radius 1 is 1.29 bits per heavy atom. The van der Waals surface area contributed by atoms with Crippen LogP contribution in [-0.4, -0.2) is 7.91 Å². The second-order valence-corrected chi connectivity index (χ2v) is 5.27. The first-order valence-corrected chi connectivity index (χ1v) is 2.94. The minimum absolute atomic E-state index is 1.27. The van der Waals surface area contributed by atoms with E-state index in [2.05, 4.69) is 21.8 Å². The molecule has 0 atom stereocenters. The van der Waals surface area contributed by atoms with Crippen LogP contribution >= 0.6 is 50.7 Å². The lowest BCUT2D eigenvalue weighted by atomic mass is 11.9. The molecule has 0 saturated heterocycles. The lowest BCUT2D eigenvalue weighted by molar-refractivity contribution is 0.311. The van der Waals surface area contributed by atoms with Crippen molar-refractivity contribution in [2.45, 2.75) is 2.70 Å². The van der Waals surface area contributed by atoms with Gasteiger partial charge in [-0.2, -0.15) is 0 Å². The number of hydrogen-bond donors (Lipinski definition) is 2. The molecule has 3 N–H and O–H groups in total. The third-order valence-corrected chi connectivity index (χ3v) is 0. The van der Waals surface area contributed by atoms with Crippen LogP contribution in [0.5, 0.6) is 0 Å². The number of hydrogen-bond acceptors (Lipinski definition) is 2. The Morgan fingerprint density at radius 3 is 1.29 bits per heavy atom. The lowest BCUT2D eigenvalue weighted by Crippen LogP contribution is -1.79. The molecule has 0 radical (unpaired) electrons. The quantitative estimate of drug-likeness (QED) is 0.495. The second kappa shape index (κ2) is 5.41. The van der Waals surface area contributed by atoms with Crippen LogP contribution in [0.15, 0.2) is 0 Å². The van der Waals surface area contributed by atoms with Crippen LogP contribution in [0.1, 0.15) is 0 Å². The summed E-state index contributed by atoms with van der Waals surface area (Å²) in [4.78, 5) is 0. The minimum atomic E-state index is -1.27. The molecule has 46 valence electrons. The summed E-state index contributed by atoms with van der Waals surface area (Å²) in [6.07, 6.45) is 0. The van der Waals surface area contributed by atoms with E-state index in [0.717, 1.165) is 0 Å². The van der Waals surface area contributed by atoms with Crippen LogP contribution in [0, 0.1) is 0 Å². The van der Waals surface area contributed by atoms with Gasteiger partial charge in [0.2, 0.25) is 2.70 Å². The predicted octanol–water partition coefficient (Wildman–Crippen LogP) is 2.04. The fourth-order valence-corrected chi connectivity index (χ4v) is 0. The fourth-order valence-electron chi connectivity index (χ4n) is 0. The zero-order chi connectivity index (χ0) is 6.50. The van der Waals surface area contributed by atoms with Gasteiger partial charge in [-0.25, -0.2) is 5.90 Å². The van der Waals surface area contributed by atoms with Crippen LogP contribution in [0.25, 0.3) is 0 Å². The maximum Gasteiger partial charge on any atom is 0.245 e. The van der Waals surface area contributed by atoms with Gasteiger partial charge < -0.3 is 5.21 Å². The van der Waals surface area contributed by atoms with E-state index >= 15 is 0 Å². The summed E-state index contributed by atoms with van der Waals surface area (Å²) in [5, 5.41) is 6.50. The molecule has 0 heterocycles. The number of nitrogens with two attached hydrogens (primary N) is 1. The zero-order valence-corrected chi connectivity index (χ0v) is 6.89. The molecule has 7 heavy (non-hydrogen) atoms. The van der Waals surface area contributed by atoms with Gasteiger partial charge in [-0.3, -0.25) is 0 Å². The van der Waals surface area contributed by atoms with Crippen molar-refractivity contribution in [3.8, 4) is 0 Å². The molecule has 0 aliphatic heterocycles. The Bertz CT molecular complexity index is 30.4. The summed E-state index contributed by atoms with van der Waals surface area (Å²) < 4.78 is -1.27. The summed E-state index contributed by atoms with van der Waals surface area (Å²) in [7, 11) is 0. The molecule has 0 spiro atoms. The number of rotatable bonds is 0. The number of alkyl halides is 4. The van der Waals surface area contributed by atoms with Crippen molar-refractivity contribution in [3.05, 3.63) is 0 Å². The molecule has 2 nitrogen and oxygen atoms in total. The standard InChI is InChI=1S/CBrCl3.H3NO/c2-1(3,4)5;1-2/h;2H,1H2. The average Bonchev–Trinajstić information content (AvgIpc) is 1.36. The molecule has 0 aromatic carbocycles. The van der Waals surface area contributed by atoms with Crippen molar-refractivity contribution in [2.24, 2.45) is 5.90 Å². The second-order valence-electron chi connectivity index (χ2n) is 0.429. The number of halogens is 4. The highest BCUT2D eigenvalue weighted by atomic mass is 79.9. The molecule has 0 amide bonds. The van der Waals surface area contributed by atoms with Gasteiger partial charge in [0, 0.05) is 0 Å². The smallest absolute Gasteiger partial charge is 0.245 e. The van der Waals surface area contributed by atoms with Gasteiger partial charge in [0.25, 0.3) is 0 Å². The van der Waals surface area contributed by atoms with Crippen LogP contribution in [-0.2, 0) is 0 Å². The molecule has 0 unspecified atom stereocenters. The average molecular weight is 231 g/mol. The van der Waals surface area contributed by atoms with Gasteiger partial charge in [-0.05, 0) is 15.9 Å². The van der Waals surface area contributed by atoms with Gasteiger partial charge >= 0.3 is 0 Å². The van der Waals surface area contributed by atoms with Gasteiger partial charge in [0.15, 0.2) is 0 Å². The van der Waals surface area contributed by atoms with Crippen molar-refractivity contribution in [2.75, 3.05) is 0 Å². The molecule has 0 aromatic rings. The maximum absolute atomic E-state index is 6.50. The van der Waals surface area contributed by atoms with Crippen LogP contribution in [0.4, 0.5) is 0 Å². The summed E-state index contributed by atoms with van der Waals surface area (Å²) in [5.41, 5.74) is 0. The van der Waals surface area contributed by atoms with Crippen molar-refractivity contribution < 1.29 is 5.21 Å². The van der Waals surface area contributed by atoms with Crippen LogP contribution < -0.4 is 5.90 Å². The normalized spacial score (nSPS) is 9.43. The highest BCUT2D eigenvalue weighted by molar-refractivity contribution is 9.11. The Kier molecular flexibility index (Phi) is 8.59. The highest BCUT2D eigenvalue weighted by Gasteiger charge is 2.10. The largest absolute Gasteiger partial charge is 0.320 e.